The molecule has 0 atom stereocenters. The predicted molar refractivity (Wildman–Crippen MR) is 99.2 cm³/mol. The van der Waals surface area contributed by atoms with Gasteiger partial charge in [-0.25, -0.2) is 9.07 Å². The fourth-order valence-corrected chi connectivity index (χ4v) is 3.19. The van der Waals surface area contributed by atoms with Gasteiger partial charge in [-0.1, -0.05) is 16.8 Å². The number of aliphatic hydroxyl groups is 1. The minimum Gasteiger partial charge on any atom is -0.384 e. The van der Waals surface area contributed by atoms with Crippen LogP contribution in [0.1, 0.15) is 35.9 Å². The Labute approximate surface area is 164 Å². The van der Waals surface area contributed by atoms with E-state index in [1.807, 2.05) is 0 Å². The molecule has 2 aromatic heterocycles. The first-order valence-corrected chi connectivity index (χ1v) is 9.04. The van der Waals surface area contributed by atoms with Gasteiger partial charge in [0.25, 0.3) is 5.91 Å². The number of amides is 1. The maximum Gasteiger partial charge on any atom is 0.257 e. The molecule has 4 rings (SSSR count). The molecule has 0 bridgehead atoms. The summed E-state index contributed by atoms with van der Waals surface area (Å²) in [6, 6.07) is 4.23. The van der Waals surface area contributed by atoms with Gasteiger partial charge in [-0.15, -0.1) is 5.10 Å². The standard InChI is InChI=1S/C18H18ClFN6O2/c1-18(2,28)15-9-26(24-22-15)11-7-25(8-11)17(27)12-6-21-23-16(12)10-3-4-14(20)13(19)5-10/h3-6,9,11,28H,7-8H2,1-2H3,(H,21,23). The fourth-order valence-electron chi connectivity index (χ4n) is 3.01. The van der Waals surface area contributed by atoms with Crippen molar-refractivity contribution in [3.63, 3.8) is 0 Å². The topological polar surface area (TPSA) is 99.9 Å². The largest absolute Gasteiger partial charge is 0.384 e. The van der Waals surface area contributed by atoms with Crippen LogP contribution in [-0.2, 0) is 5.60 Å². The molecular formula is C18H18ClFN6O2. The van der Waals surface area contributed by atoms with Crippen LogP contribution in [0.15, 0.2) is 30.6 Å². The molecule has 0 radical (unpaired) electrons. The highest BCUT2D eigenvalue weighted by molar-refractivity contribution is 6.31. The summed E-state index contributed by atoms with van der Waals surface area (Å²) in [5, 5.41) is 24.7. The van der Waals surface area contributed by atoms with E-state index >= 15 is 0 Å². The van der Waals surface area contributed by atoms with Gasteiger partial charge >= 0.3 is 0 Å². The number of H-pyrrole nitrogens is 1. The Hall–Kier alpha value is -2.78. The zero-order valence-electron chi connectivity index (χ0n) is 15.2. The first kappa shape index (κ1) is 18.6. The summed E-state index contributed by atoms with van der Waals surface area (Å²) in [6.07, 6.45) is 3.14. The molecule has 0 unspecified atom stereocenters. The number of hydrogen-bond donors (Lipinski definition) is 2. The maximum atomic E-state index is 13.4. The number of aromatic nitrogens is 5. The molecule has 1 amide bonds. The minimum atomic E-state index is -1.07. The normalized spacial score (nSPS) is 15.0. The van der Waals surface area contributed by atoms with Crippen molar-refractivity contribution in [2.75, 3.05) is 13.1 Å². The van der Waals surface area contributed by atoms with Gasteiger partial charge in [-0.2, -0.15) is 5.10 Å². The van der Waals surface area contributed by atoms with Gasteiger partial charge in [0, 0.05) is 18.7 Å². The van der Waals surface area contributed by atoms with E-state index < -0.39 is 11.4 Å². The molecule has 0 aliphatic carbocycles. The van der Waals surface area contributed by atoms with E-state index in [0.717, 1.165) is 0 Å². The Morgan fingerprint density at radius 1 is 1.39 bits per heavy atom. The summed E-state index contributed by atoms with van der Waals surface area (Å²) in [7, 11) is 0. The predicted octanol–water partition coefficient (Wildman–Crippen LogP) is 2.39. The highest BCUT2D eigenvalue weighted by Gasteiger charge is 2.35. The van der Waals surface area contributed by atoms with Crippen molar-refractivity contribution in [2.24, 2.45) is 0 Å². The number of hydrogen-bond acceptors (Lipinski definition) is 5. The molecule has 10 heteroatoms. The lowest BCUT2D eigenvalue weighted by Gasteiger charge is -2.38. The average Bonchev–Trinajstić information content (AvgIpc) is 3.24. The van der Waals surface area contributed by atoms with Crippen LogP contribution in [0.2, 0.25) is 5.02 Å². The molecular weight excluding hydrogens is 387 g/mol. The number of nitrogens with zero attached hydrogens (tertiary/aromatic N) is 5. The van der Waals surface area contributed by atoms with Crippen LogP contribution in [0.3, 0.4) is 0 Å². The highest BCUT2D eigenvalue weighted by Crippen LogP contribution is 2.29. The molecule has 146 valence electrons. The number of nitrogens with one attached hydrogen (secondary N) is 1. The molecule has 1 aromatic carbocycles. The lowest BCUT2D eigenvalue weighted by Crippen LogP contribution is -2.51. The molecule has 1 saturated heterocycles. The number of carbonyl (C=O) groups excluding carboxylic acids is 1. The third kappa shape index (κ3) is 3.27. The van der Waals surface area contributed by atoms with Crippen molar-refractivity contribution < 1.29 is 14.3 Å². The summed E-state index contributed by atoms with van der Waals surface area (Å²) in [6.45, 7) is 4.20. The van der Waals surface area contributed by atoms with Crippen LogP contribution in [0, 0.1) is 5.82 Å². The van der Waals surface area contributed by atoms with E-state index in [9.17, 15) is 14.3 Å². The number of carbonyl (C=O) groups is 1. The summed E-state index contributed by atoms with van der Waals surface area (Å²) in [5.74, 6) is -0.718. The van der Waals surface area contributed by atoms with E-state index in [2.05, 4.69) is 20.5 Å². The number of rotatable bonds is 4. The quantitative estimate of drug-likeness (QED) is 0.695. The van der Waals surface area contributed by atoms with Crippen molar-refractivity contribution in [2.45, 2.75) is 25.5 Å². The molecule has 0 spiro atoms. The number of likely N-dealkylation sites (tertiary alicyclic amines) is 1. The van der Waals surface area contributed by atoms with E-state index in [0.29, 0.717) is 35.6 Å². The third-order valence-electron chi connectivity index (χ3n) is 4.74. The Balaban J connectivity index is 1.48. The molecule has 3 heterocycles. The van der Waals surface area contributed by atoms with E-state index in [1.54, 1.807) is 29.6 Å². The van der Waals surface area contributed by atoms with Gasteiger partial charge < -0.3 is 10.0 Å². The van der Waals surface area contributed by atoms with E-state index in [4.69, 9.17) is 11.6 Å². The fraction of sp³-hybridized carbons (Fsp3) is 0.333. The van der Waals surface area contributed by atoms with Crippen molar-refractivity contribution >= 4 is 17.5 Å². The smallest absolute Gasteiger partial charge is 0.257 e. The molecule has 28 heavy (non-hydrogen) atoms. The van der Waals surface area contributed by atoms with Crippen LogP contribution in [0.4, 0.5) is 4.39 Å². The first-order chi connectivity index (χ1) is 13.2. The second kappa shape index (κ2) is 6.68. The van der Waals surface area contributed by atoms with Crippen LogP contribution in [0.25, 0.3) is 11.3 Å². The Morgan fingerprint density at radius 3 is 2.79 bits per heavy atom. The summed E-state index contributed by atoms with van der Waals surface area (Å²) < 4.78 is 15.1. The average molecular weight is 405 g/mol. The van der Waals surface area contributed by atoms with Crippen molar-refractivity contribution in [3.8, 4) is 11.3 Å². The SMILES string of the molecule is CC(C)(O)c1cn(C2CN(C(=O)c3cn[nH]c3-c3ccc(F)c(Cl)c3)C2)nn1. The van der Waals surface area contributed by atoms with E-state index in [-0.39, 0.29) is 17.0 Å². The van der Waals surface area contributed by atoms with Gasteiger partial charge in [0.15, 0.2) is 0 Å². The molecule has 1 fully saturated rings. The second-order valence-electron chi connectivity index (χ2n) is 7.29. The van der Waals surface area contributed by atoms with Gasteiger partial charge in [-0.05, 0) is 32.0 Å². The molecule has 1 aliphatic heterocycles. The van der Waals surface area contributed by atoms with Gasteiger partial charge in [0.1, 0.15) is 17.1 Å². The summed E-state index contributed by atoms with van der Waals surface area (Å²) >= 11 is 5.85. The Morgan fingerprint density at radius 2 is 2.14 bits per heavy atom. The molecule has 1 aliphatic rings. The van der Waals surface area contributed by atoms with Crippen LogP contribution in [0.5, 0.6) is 0 Å². The monoisotopic (exact) mass is 404 g/mol. The molecule has 3 aromatic rings. The molecule has 8 nitrogen and oxygen atoms in total. The van der Waals surface area contributed by atoms with Gasteiger partial charge in [0.05, 0.1) is 34.7 Å². The Kier molecular flexibility index (Phi) is 4.43. The van der Waals surface area contributed by atoms with Crippen LogP contribution in [-0.4, -0.2) is 54.2 Å². The van der Waals surface area contributed by atoms with Crippen molar-refractivity contribution in [3.05, 3.63) is 52.7 Å². The number of halogens is 2. The minimum absolute atomic E-state index is 0.0110. The van der Waals surface area contributed by atoms with Crippen molar-refractivity contribution in [1.29, 1.82) is 0 Å². The van der Waals surface area contributed by atoms with Crippen LogP contribution < -0.4 is 0 Å². The van der Waals surface area contributed by atoms with Gasteiger partial charge in [0.2, 0.25) is 0 Å². The lowest BCUT2D eigenvalue weighted by molar-refractivity contribution is 0.0497. The summed E-state index contributed by atoms with van der Waals surface area (Å²) in [4.78, 5) is 14.5. The van der Waals surface area contributed by atoms with E-state index in [1.165, 1.54) is 24.4 Å². The Bertz CT molecular complexity index is 1030. The maximum absolute atomic E-state index is 13.4. The van der Waals surface area contributed by atoms with Gasteiger partial charge in [-0.3, -0.25) is 9.89 Å². The second-order valence-corrected chi connectivity index (χ2v) is 7.70. The van der Waals surface area contributed by atoms with Crippen molar-refractivity contribution in [1.82, 2.24) is 30.1 Å². The molecule has 2 N–H and O–H groups in total. The summed E-state index contributed by atoms with van der Waals surface area (Å²) in [5.41, 5.74) is 0.856. The lowest BCUT2D eigenvalue weighted by atomic mass is 10.0. The zero-order chi connectivity index (χ0) is 20.1. The third-order valence-corrected chi connectivity index (χ3v) is 5.03. The molecule has 0 saturated carbocycles. The number of aromatic amines is 1. The highest BCUT2D eigenvalue weighted by atomic mass is 35.5. The zero-order valence-corrected chi connectivity index (χ0v) is 16.0. The number of benzene rings is 1. The first-order valence-electron chi connectivity index (χ1n) is 8.67. The van der Waals surface area contributed by atoms with Crippen LogP contribution >= 0.6 is 11.6 Å².